The molecule has 1 fully saturated rings. The second-order valence-electron chi connectivity index (χ2n) is 5.17. The fourth-order valence-electron chi connectivity index (χ4n) is 2.40. The van der Waals surface area contributed by atoms with Gasteiger partial charge in [-0.15, -0.1) is 11.8 Å². The molecular weight excluding hydrogens is 294 g/mol. The molecule has 1 aliphatic heterocycles. The number of carbonyl (C=O) groups excluding carboxylic acids is 1. The van der Waals surface area contributed by atoms with Gasteiger partial charge in [0.1, 0.15) is 12.2 Å². The number of amides is 1. The third-order valence-electron chi connectivity index (χ3n) is 3.60. The Labute approximate surface area is 135 Å². The average molecular weight is 313 g/mol. The highest BCUT2D eigenvalue weighted by Crippen LogP contribution is 2.37. The molecule has 1 aliphatic rings. The van der Waals surface area contributed by atoms with Gasteiger partial charge in [0.2, 0.25) is 0 Å². The molecule has 1 heterocycles. The van der Waals surface area contributed by atoms with E-state index >= 15 is 0 Å². The molecule has 2 aromatic carbocycles. The van der Waals surface area contributed by atoms with Crippen molar-refractivity contribution in [1.82, 2.24) is 5.32 Å². The first-order valence-corrected chi connectivity index (χ1v) is 8.48. The van der Waals surface area contributed by atoms with Crippen molar-refractivity contribution in [2.75, 3.05) is 12.3 Å². The molecule has 0 spiro atoms. The Kier molecular flexibility index (Phi) is 4.80. The number of ether oxygens (including phenoxy) is 1. The molecule has 1 N–H and O–H groups in total. The van der Waals surface area contributed by atoms with Crippen LogP contribution in [0.4, 0.5) is 0 Å². The van der Waals surface area contributed by atoms with E-state index in [0.29, 0.717) is 12.1 Å². The first-order chi connectivity index (χ1) is 10.8. The molecular formula is C18H19NO2S. The van der Waals surface area contributed by atoms with Gasteiger partial charge in [0.05, 0.1) is 0 Å². The quantitative estimate of drug-likeness (QED) is 0.653. The van der Waals surface area contributed by atoms with Crippen LogP contribution in [0.3, 0.4) is 0 Å². The number of carbonyl (C=O) groups is 1. The minimum absolute atomic E-state index is 0.0460. The number of nitrogens with one attached hydrogen (secondary N) is 1. The van der Waals surface area contributed by atoms with Crippen LogP contribution < -0.4 is 5.32 Å². The fraction of sp³-hybridized carbons (Fsp3) is 0.278. The number of hydrogen-bond donors (Lipinski definition) is 1. The molecule has 114 valence electrons. The first kappa shape index (κ1) is 15.1. The zero-order valence-corrected chi connectivity index (χ0v) is 13.3. The second kappa shape index (κ2) is 6.99. The van der Waals surface area contributed by atoms with Crippen molar-refractivity contribution in [1.29, 1.82) is 0 Å². The van der Waals surface area contributed by atoms with Gasteiger partial charge in [-0.2, -0.15) is 0 Å². The van der Waals surface area contributed by atoms with Crippen LogP contribution in [0.1, 0.15) is 28.9 Å². The van der Waals surface area contributed by atoms with Crippen LogP contribution in [0.2, 0.25) is 0 Å². The van der Waals surface area contributed by atoms with Gasteiger partial charge in [0.25, 0.3) is 5.91 Å². The lowest BCUT2D eigenvalue weighted by Crippen LogP contribution is -2.27. The zero-order valence-electron chi connectivity index (χ0n) is 12.5. The van der Waals surface area contributed by atoms with Gasteiger partial charge in [-0.05, 0) is 35.6 Å². The van der Waals surface area contributed by atoms with Crippen molar-refractivity contribution >= 4 is 17.7 Å². The summed E-state index contributed by atoms with van der Waals surface area (Å²) >= 11 is 1.77. The maximum atomic E-state index is 12.1. The summed E-state index contributed by atoms with van der Waals surface area (Å²) in [6.45, 7) is 2.66. The van der Waals surface area contributed by atoms with Crippen LogP contribution in [-0.2, 0) is 4.74 Å². The van der Waals surface area contributed by atoms with Crippen molar-refractivity contribution < 1.29 is 9.53 Å². The van der Waals surface area contributed by atoms with Crippen molar-refractivity contribution in [3.05, 3.63) is 65.7 Å². The van der Waals surface area contributed by atoms with Crippen LogP contribution in [0.5, 0.6) is 0 Å². The van der Waals surface area contributed by atoms with Gasteiger partial charge in [-0.1, -0.05) is 37.3 Å². The van der Waals surface area contributed by atoms with E-state index in [-0.39, 0.29) is 18.1 Å². The number of thioether (sulfide) groups is 1. The van der Waals surface area contributed by atoms with Crippen molar-refractivity contribution in [3.63, 3.8) is 0 Å². The van der Waals surface area contributed by atoms with Crippen molar-refractivity contribution in [2.24, 2.45) is 0 Å². The third kappa shape index (κ3) is 3.70. The maximum Gasteiger partial charge on any atom is 0.251 e. The van der Waals surface area contributed by atoms with E-state index in [4.69, 9.17) is 4.74 Å². The molecule has 0 aliphatic carbocycles. The summed E-state index contributed by atoms with van der Waals surface area (Å²) < 4.78 is 5.62. The highest BCUT2D eigenvalue weighted by Gasteiger charge is 2.39. The summed E-state index contributed by atoms with van der Waals surface area (Å²) in [5.74, 6) is 0.987. The van der Waals surface area contributed by atoms with Gasteiger partial charge in [0, 0.05) is 17.0 Å². The second-order valence-corrected chi connectivity index (χ2v) is 6.51. The van der Waals surface area contributed by atoms with Crippen molar-refractivity contribution in [2.45, 2.75) is 24.0 Å². The number of rotatable bonds is 6. The normalized spacial score (nSPS) is 19.7. The molecule has 0 radical (unpaired) electrons. The van der Waals surface area contributed by atoms with E-state index in [9.17, 15) is 4.79 Å². The van der Waals surface area contributed by atoms with E-state index < -0.39 is 0 Å². The molecule has 1 saturated heterocycles. The molecule has 2 unspecified atom stereocenters. The largest absolute Gasteiger partial charge is 0.363 e. The molecule has 0 saturated carbocycles. The Morgan fingerprint density at radius 1 is 1.14 bits per heavy atom. The van der Waals surface area contributed by atoms with Crippen LogP contribution >= 0.6 is 11.8 Å². The minimum atomic E-state index is -0.0460. The van der Waals surface area contributed by atoms with Crippen LogP contribution in [0, 0.1) is 0 Å². The lowest BCUT2D eigenvalue weighted by molar-refractivity contribution is 0.0950. The molecule has 3 rings (SSSR count). The summed E-state index contributed by atoms with van der Waals surface area (Å²) in [6, 6.07) is 17.8. The Balaban J connectivity index is 1.49. The number of hydrogen-bond acceptors (Lipinski definition) is 3. The molecule has 0 bridgehead atoms. The molecule has 2 atom stereocenters. The summed E-state index contributed by atoms with van der Waals surface area (Å²) in [5.41, 5.74) is 1.86. The highest BCUT2D eigenvalue weighted by atomic mass is 32.2. The molecule has 22 heavy (non-hydrogen) atoms. The predicted molar refractivity (Wildman–Crippen MR) is 89.2 cm³/mol. The van der Waals surface area contributed by atoms with E-state index in [1.807, 2.05) is 42.5 Å². The Bertz CT molecular complexity index is 627. The van der Waals surface area contributed by atoms with Crippen molar-refractivity contribution in [3.8, 4) is 0 Å². The van der Waals surface area contributed by atoms with E-state index in [1.54, 1.807) is 11.8 Å². The minimum Gasteiger partial charge on any atom is -0.363 e. The average Bonchev–Trinajstić information content (AvgIpc) is 3.34. The molecule has 2 aromatic rings. The Morgan fingerprint density at radius 2 is 1.86 bits per heavy atom. The summed E-state index contributed by atoms with van der Waals surface area (Å²) in [5, 5.41) is 2.94. The predicted octanol–water partition coefficient (Wildman–Crippen LogP) is 3.67. The van der Waals surface area contributed by atoms with Gasteiger partial charge >= 0.3 is 0 Å². The molecule has 1 amide bonds. The van der Waals surface area contributed by atoms with Crippen LogP contribution in [0.25, 0.3) is 0 Å². The van der Waals surface area contributed by atoms with Crippen LogP contribution in [0.15, 0.2) is 59.5 Å². The topological polar surface area (TPSA) is 41.6 Å². The van der Waals surface area contributed by atoms with Gasteiger partial charge in [0.15, 0.2) is 0 Å². The summed E-state index contributed by atoms with van der Waals surface area (Å²) in [7, 11) is 0. The zero-order chi connectivity index (χ0) is 15.4. The summed E-state index contributed by atoms with van der Waals surface area (Å²) in [6.07, 6.45) is 0.200. The van der Waals surface area contributed by atoms with E-state index in [2.05, 4.69) is 24.4 Å². The third-order valence-corrected chi connectivity index (χ3v) is 4.50. The van der Waals surface area contributed by atoms with Gasteiger partial charge < -0.3 is 10.1 Å². The number of epoxide rings is 1. The molecule has 0 aromatic heterocycles. The molecule has 3 nitrogen and oxygen atoms in total. The standard InChI is InChI=1S/C18H19NO2S/c1-2-22-15-10-8-14(9-11-15)18(20)19-12-16-17(21-16)13-6-4-3-5-7-13/h3-11,16-17H,2,12H2,1H3,(H,19,20). The first-order valence-electron chi connectivity index (χ1n) is 7.49. The smallest absolute Gasteiger partial charge is 0.251 e. The van der Waals surface area contributed by atoms with Crippen LogP contribution in [-0.4, -0.2) is 24.3 Å². The van der Waals surface area contributed by atoms with E-state index in [0.717, 1.165) is 5.75 Å². The molecule has 4 heteroatoms. The van der Waals surface area contributed by atoms with Gasteiger partial charge in [-0.3, -0.25) is 4.79 Å². The Morgan fingerprint density at radius 3 is 2.55 bits per heavy atom. The SMILES string of the molecule is CCSc1ccc(C(=O)NCC2OC2c2ccccc2)cc1. The maximum absolute atomic E-state index is 12.1. The number of benzene rings is 2. The Hall–Kier alpha value is -1.78. The summed E-state index contributed by atoms with van der Waals surface area (Å²) in [4.78, 5) is 13.3. The lowest BCUT2D eigenvalue weighted by Gasteiger charge is -2.04. The fourth-order valence-corrected chi connectivity index (χ4v) is 3.06. The highest BCUT2D eigenvalue weighted by molar-refractivity contribution is 7.99. The van der Waals surface area contributed by atoms with E-state index in [1.165, 1.54) is 10.5 Å². The van der Waals surface area contributed by atoms with Gasteiger partial charge in [-0.25, -0.2) is 0 Å². The monoisotopic (exact) mass is 313 g/mol. The lowest BCUT2D eigenvalue weighted by atomic mass is 10.1.